The Bertz CT molecular complexity index is 944. The minimum absolute atomic E-state index is 0.0283. The molecule has 0 bridgehead atoms. The third-order valence-corrected chi connectivity index (χ3v) is 6.30. The van der Waals surface area contributed by atoms with Crippen LogP contribution in [0.5, 0.6) is 5.75 Å². The summed E-state index contributed by atoms with van der Waals surface area (Å²) >= 11 is 0. The van der Waals surface area contributed by atoms with E-state index in [2.05, 4.69) is 10.2 Å². The highest BCUT2D eigenvalue weighted by Gasteiger charge is 2.27. The number of nitrogens with one attached hydrogen (secondary N) is 1. The molecule has 1 aliphatic heterocycles. The Morgan fingerprint density at radius 2 is 1.45 bits per heavy atom. The molecule has 1 saturated heterocycles. The molecule has 3 unspecified atom stereocenters. The summed E-state index contributed by atoms with van der Waals surface area (Å²) < 4.78 is 5.90. The fourth-order valence-corrected chi connectivity index (χ4v) is 4.42. The summed E-state index contributed by atoms with van der Waals surface area (Å²) in [6, 6.07) is 27.2. The van der Waals surface area contributed by atoms with Crippen LogP contribution < -0.4 is 10.1 Å². The maximum atomic E-state index is 11.3. The van der Waals surface area contributed by atoms with E-state index in [0.29, 0.717) is 6.61 Å². The van der Waals surface area contributed by atoms with Gasteiger partial charge >= 0.3 is 0 Å². The van der Waals surface area contributed by atoms with Crippen LogP contribution in [0.3, 0.4) is 0 Å². The summed E-state index contributed by atoms with van der Waals surface area (Å²) in [6.07, 6.45) is 1.68. The van der Waals surface area contributed by atoms with Crippen molar-refractivity contribution in [2.24, 2.45) is 0 Å². The molecule has 0 spiro atoms. The number of aliphatic hydroxyl groups is 2. The van der Waals surface area contributed by atoms with E-state index >= 15 is 0 Å². The number of benzene rings is 3. The Balaban J connectivity index is 1.44. The van der Waals surface area contributed by atoms with Gasteiger partial charge in [0.05, 0.1) is 24.8 Å². The predicted octanol–water partition coefficient (Wildman–Crippen LogP) is 4.09. The predicted molar refractivity (Wildman–Crippen MR) is 131 cm³/mol. The van der Waals surface area contributed by atoms with Gasteiger partial charge in [-0.25, -0.2) is 0 Å². The van der Waals surface area contributed by atoms with Crippen LogP contribution in [-0.4, -0.2) is 47.4 Å². The van der Waals surface area contributed by atoms with Crippen LogP contribution in [0.25, 0.3) is 0 Å². The molecule has 33 heavy (non-hydrogen) atoms. The molecular formula is C28H34N2O3. The van der Waals surface area contributed by atoms with Gasteiger partial charge in [-0.1, -0.05) is 72.8 Å². The van der Waals surface area contributed by atoms with Crippen molar-refractivity contribution < 1.29 is 14.9 Å². The van der Waals surface area contributed by atoms with E-state index < -0.39 is 6.10 Å². The van der Waals surface area contributed by atoms with Gasteiger partial charge in [0, 0.05) is 6.54 Å². The maximum Gasteiger partial charge on any atom is 0.119 e. The van der Waals surface area contributed by atoms with Crippen molar-refractivity contribution >= 4 is 0 Å². The van der Waals surface area contributed by atoms with Crippen LogP contribution in [0.15, 0.2) is 84.9 Å². The Labute approximate surface area is 196 Å². The molecule has 5 heteroatoms. The smallest absolute Gasteiger partial charge is 0.119 e. The number of hydrogen-bond acceptors (Lipinski definition) is 5. The summed E-state index contributed by atoms with van der Waals surface area (Å²) in [5.41, 5.74) is 2.97. The monoisotopic (exact) mass is 446 g/mol. The van der Waals surface area contributed by atoms with E-state index in [4.69, 9.17) is 4.74 Å². The van der Waals surface area contributed by atoms with Crippen molar-refractivity contribution in [1.82, 2.24) is 10.2 Å². The molecule has 3 atom stereocenters. The van der Waals surface area contributed by atoms with Crippen molar-refractivity contribution in [2.45, 2.75) is 37.6 Å². The second-order valence-electron chi connectivity index (χ2n) is 8.71. The van der Waals surface area contributed by atoms with Crippen molar-refractivity contribution in [3.8, 4) is 5.75 Å². The molecule has 1 heterocycles. The van der Waals surface area contributed by atoms with E-state index in [1.807, 2.05) is 84.9 Å². The van der Waals surface area contributed by atoms with Crippen LogP contribution in [0.1, 0.15) is 41.7 Å². The molecule has 0 radical (unpaired) electrons. The van der Waals surface area contributed by atoms with Crippen molar-refractivity contribution in [3.63, 3.8) is 0 Å². The minimum Gasteiger partial charge on any atom is -0.489 e. The lowest BCUT2D eigenvalue weighted by Gasteiger charge is -2.32. The number of nitrogens with zero attached hydrogens (tertiary/aromatic N) is 1. The lowest BCUT2D eigenvalue weighted by atomic mass is 9.99. The van der Waals surface area contributed by atoms with E-state index in [9.17, 15) is 10.2 Å². The second kappa shape index (κ2) is 12.0. The number of likely N-dealkylation sites (tertiary alicyclic amines) is 1. The van der Waals surface area contributed by atoms with E-state index in [0.717, 1.165) is 42.1 Å². The second-order valence-corrected chi connectivity index (χ2v) is 8.71. The quantitative estimate of drug-likeness (QED) is 0.414. The van der Waals surface area contributed by atoms with Crippen LogP contribution in [0, 0.1) is 0 Å². The number of rotatable bonds is 11. The zero-order chi connectivity index (χ0) is 22.9. The van der Waals surface area contributed by atoms with Gasteiger partial charge in [-0.15, -0.1) is 0 Å². The van der Waals surface area contributed by atoms with Crippen LogP contribution in [0.4, 0.5) is 0 Å². The molecule has 3 aromatic carbocycles. The zero-order valence-electron chi connectivity index (χ0n) is 19.0. The third-order valence-electron chi connectivity index (χ3n) is 6.30. The van der Waals surface area contributed by atoms with Gasteiger partial charge in [0.2, 0.25) is 0 Å². The lowest BCUT2D eigenvalue weighted by molar-refractivity contribution is 0.0915. The fourth-order valence-electron chi connectivity index (χ4n) is 4.42. The van der Waals surface area contributed by atoms with Crippen LogP contribution in [-0.2, 0) is 6.61 Å². The van der Waals surface area contributed by atoms with Crippen molar-refractivity contribution in [2.75, 3.05) is 26.2 Å². The molecule has 5 nitrogen and oxygen atoms in total. The number of aliphatic hydroxyl groups excluding tert-OH is 2. The van der Waals surface area contributed by atoms with Gasteiger partial charge in [0.1, 0.15) is 12.4 Å². The van der Waals surface area contributed by atoms with Gasteiger partial charge < -0.3 is 25.2 Å². The molecular weight excluding hydrogens is 412 g/mol. The Kier molecular flexibility index (Phi) is 8.50. The van der Waals surface area contributed by atoms with Gasteiger partial charge in [-0.2, -0.15) is 0 Å². The first-order chi connectivity index (χ1) is 16.2. The maximum absolute atomic E-state index is 11.3. The average molecular weight is 447 g/mol. The molecule has 0 aliphatic carbocycles. The number of ether oxygens (including phenoxy) is 1. The molecule has 1 aliphatic rings. The highest BCUT2D eigenvalue weighted by Crippen LogP contribution is 2.25. The SMILES string of the molecule is OCC(NC(CN1CCCC1)C(O)c1ccc(OCc2ccccc2)cc1)c1ccccc1. The van der Waals surface area contributed by atoms with E-state index in [1.54, 1.807) is 0 Å². The van der Waals surface area contributed by atoms with Gasteiger partial charge in [0.25, 0.3) is 0 Å². The molecule has 3 N–H and O–H groups in total. The van der Waals surface area contributed by atoms with Crippen molar-refractivity contribution in [1.29, 1.82) is 0 Å². The molecule has 1 fully saturated rings. The van der Waals surface area contributed by atoms with E-state index in [-0.39, 0.29) is 18.7 Å². The largest absolute Gasteiger partial charge is 0.489 e. The Hall–Kier alpha value is -2.70. The summed E-state index contributed by atoms with van der Waals surface area (Å²) in [5, 5.41) is 24.9. The highest BCUT2D eigenvalue weighted by atomic mass is 16.5. The number of hydrogen-bond donors (Lipinski definition) is 3. The molecule has 4 rings (SSSR count). The standard InChI is InChI=1S/C28H34N2O3/c31-20-27(23-11-5-2-6-12-23)29-26(19-30-17-7-8-18-30)28(32)24-13-15-25(16-14-24)33-21-22-9-3-1-4-10-22/h1-6,9-16,26-29,31-32H,7-8,17-21H2. The molecule has 0 aromatic heterocycles. The van der Waals surface area contributed by atoms with Crippen molar-refractivity contribution in [3.05, 3.63) is 102 Å². The van der Waals surface area contributed by atoms with Gasteiger partial charge in [-0.05, 0) is 54.8 Å². The topological polar surface area (TPSA) is 65.0 Å². The summed E-state index contributed by atoms with van der Waals surface area (Å²) in [6.45, 7) is 3.31. The molecule has 3 aromatic rings. The first-order valence-corrected chi connectivity index (χ1v) is 11.8. The first kappa shape index (κ1) is 23.5. The first-order valence-electron chi connectivity index (χ1n) is 11.8. The molecule has 174 valence electrons. The Morgan fingerprint density at radius 1 is 0.818 bits per heavy atom. The summed E-state index contributed by atoms with van der Waals surface area (Å²) in [4.78, 5) is 2.39. The minimum atomic E-state index is -0.702. The van der Waals surface area contributed by atoms with Gasteiger partial charge in [0.15, 0.2) is 0 Å². The van der Waals surface area contributed by atoms with Crippen LogP contribution >= 0.6 is 0 Å². The molecule has 0 saturated carbocycles. The van der Waals surface area contributed by atoms with Crippen LogP contribution in [0.2, 0.25) is 0 Å². The summed E-state index contributed by atoms with van der Waals surface area (Å²) in [7, 11) is 0. The Morgan fingerprint density at radius 3 is 2.09 bits per heavy atom. The fraction of sp³-hybridized carbons (Fsp3) is 0.357. The average Bonchev–Trinajstić information content (AvgIpc) is 3.39. The third kappa shape index (κ3) is 6.65. The lowest BCUT2D eigenvalue weighted by Crippen LogP contribution is -2.46. The normalized spacial score (nSPS) is 16.9. The summed E-state index contributed by atoms with van der Waals surface area (Å²) in [5.74, 6) is 0.774. The van der Waals surface area contributed by atoms with E-state index in [1.165, 1.54) is 12.8 Å². The van der Waals surface area contributed by atoms with Gasteiger partial charge in [-0.3, -0.25) is 0 Å². The molecule has 0 amide bonds. The zero-order valence-corrected chi connectivity index (χ0v) is 19.0. The highest BCUT2D eigenvalue weighted by molar-refractivity contribution is 5.30.